The molecule has 1 fully saturated rings. The number of hydrogen-bond acceptors (Lipinski definition) is 4. The third-order valence-corrected chi connectivity index (χ3v) is 7.98. The topological polar surface area (TPSA) is 75.7 Å². The molecule has 1 aliphatic rings. The highest BCUT2D eigenvalue weighted by molar-refractivity contribution is 7.89. The van der Waals surface area contributed by atoms with E-state index in [-0.39, 0.29) is 24.1 Å². The summed E-state index contributed by atoms with van der Waals surface area (Å²) in [6, 6.07) is 17.9. The van der Waals surface area contributed by atoms with Crippen LogP contribution in [0.5, 0.6) is 5.75 Å². The minimum absolute atomic E-state index is 0.0442. The van der Waals surface area contributed by atoms with Crippen LogP contribution in [0.15, 0.2) is 54.6 Å². The number of aryl methyl sites for hydroxylation is 2. The molecule has 1 atom stereocenters. The van der Waals surface area contributed by atoms with Crippen molar-refractivity contribution >= 4 is 15.9 Å². The molecule has 1 heterocycles. The minimum Gasteiger partial charge on any atom is -0.494 e. The van der Waals surface area contributed by atoms with Gasteiger partial charge >= 0.3 is 0 Å². The number of ether oxygens (including phenoxy) is 1. The van der Waals surface area contributed by atoms with E-state index in [1.165, 1.54) is 4.31 Å². The van der Waals surface area contributed by atoms with Gasteiger partial charge < -0.3 is 10.1 Å². The molecule has 3 rings (SSSR count). The van der Waals surface area contributed by atoms with Crippen molar-refractivity contribution in [3.63, 3.8) is 0 Å². The lowest BCUT2D eigenvalue weighted by atomic mass is 9.99. The number of nitrogens with zero attached hydrogens (tertiary/aromatic N) is 1. The summed E-state index contributed by atoms with van der Waals surface area (Å²) in [5, 5.41) is 3.01. The first-order valence-electron chi connectivity index (χ1n) is 12.0. The van der Waals surface area contributed by atoms with Crippen LogP contribution in [0.2, 0.25) is 0 Å². The summed E-state index contributed by atoms with van der Waals surface area (Å²) in [6.45, 7) is 3.95. The van der Waals surface area contributed by atoms with Gasteiger partial charge in [0.2, 0.25) is 15.9 Å². The number of carbonyl (C=O) groups excluding carboxylic acids is 1. The van der Waals surface area contributed by atoms with Gasteiger partial charge in [-0.3, -0.25) is 4.79 Å². The second-order valence-corrected chi connectivity index (χ2v) is 10.6. The van der Waals surface area contributed by atoms with E-state index in [0.717, 1.165) is 49.0 Å². The Morgan fingerprint density at radius 1 is 1.06 bits per heavy atom. The molecule has 2 aromatic carbocycles. The zero-order valence-electron chi connectivity index (χ0n) is 19.5. The fraction of sp³-hybridized carbons (Fsp3) is 0.500. The Bertz CT molecular complexity index is 979. The van der Waals surface area contributed by atoms with Crippen LogP contribution in [0, 0.1) is 5.92 Å². The quantitative estimate of drug-likeness (QED) is 0.477. The van der Waals surface area contributed by atoms with Gasteiger partial charge in [0.15, 0.2) is 0 Å². The van der Waals surface area contributed by atoms with E-state index in [1.807, 2.05) is 55.5 Å². The molecule has 0 spiro atoms. The zero-order valence-corrected chi connectivity index (χ0v) is 20.4. The number of para-hydroxylation sites is 1. The van der Waals surface area contributed by atoms with Crippen molar-refractivity contribution in [2.75, 3.05) is 32.0 Å². The summed E-state index contributed by atoms with van der Waals surface area (Å²) < 4.78 is 32.8. The summed E-state index contributed by atoms with van der Waals surface area (Å²) in [7, 11) is -3.35. The Balaban J connectivity index is 1.42. The van der Waals surface area contributed by atoms with Gasteiger partial charge in [-0.25, -0.2) is 12.7 Å². The predicted octanol–water partition coefficient (Wildman–Crippen LogP) is 3.81. The Morgan fingerprint density at radius 2 is 1.82 bits per heavy atom. The summed E-state index contributed by atoms with van der Waals surface area (Å²) in [6.07, 6.45) is 4.41. The standard InChI is InChI=1S/C26H36N2O4S/c1-2-32-25-17-7-6-14-23(25)15-8-18-27-26(29)24-16-9-19-28(21-24)33(30,31)20-10-13-22-11-4-3-5-12-22/h3-7,11-12,14,17,24H,2,8-10,13,15-16,18-21H2,1H3,(H,27,29)/t24-/m1/s1. The van der Waals surface area contributed by atoms with Crippen molar-refractivity contribution in [1.29, 1.82) is 0 Å². The van der Waals surface area contributed by atoms with E-state index in [4.69, 9.17) is 4.74 Å². The van der Waals surface area contributed by atoms with Gasteiger partial charge in [-0.1, -0.05) is 48.5 Å². The van der Waals surface area contributed by atoms with E-state index in [0.29, 0.717) is 26.1 Å². The van der Waals surface area contributed by atoms with Gasteiger partial charge in [0.05, 0.1) is 18.3 Å². The van der Waals surface area contributed by atoms with Crippen molar-refractivity contribution in [2.24, 2.45) is 5.92 Å². The Kier molecular flexibility index (Phi) is 9.76. The molecule has 6 nitrogen and oxygen atoms in total. The Hall–Kier alpha value is -2.38. The summed E-state index contributed by atoms with van der Waals surface area (Å²) in [5.74, 6) is 0.692. The monoisotopic (exact) mass is 472 g/mol. The average molecular weight is 473 g/mol. The molecule has 0 aliphatic carbocycles. The van der Waals surface area contributed by atoms with Crippen molar-refractivity contribution in [2.45, 2.75) is 45.4 Å². The number of sulfonamides is 1. The third-order valence-electron chi connectivity index (χ3n) is 6.05. The van der Waals surface area contributed by atoms with Crippen LogP contribution in [-0.4, -0.2) is 50.6 Å². The first-order chi connectivity index (χ1) is 16.0. The van der Waals surface area contributed by atoms with Gasteiger partial charge in [0.25, 0.3) is 0 Å². The molecular weight excluding hydrogens is 436 g/mol. The summed E-state index contributed by atoms with van der Waals surface area (Å²) in [4.78, 5) is 12.7. The SMILES string of the molecule is CCOc1ccccc1CCCNC(=O)[C@@H]1CCCN(S(=O)(=O)CCCc2ccccc2)C1. The Morgan fingerprint density at radius 3 is 2.61 bits per heavy atom. The second-order valence-electron chi connectivity index (χ2n) is 8.54. The molecule has 0 radical (unpaired) electrons. The van der Waals surface area contributed by atoms with E-state index in [1.54, 1.807) is 0 Å². The first kappa shape index (κ1) is 25.2. The maximum absolute atomic E-state index is 12.8. The van der Waals surface area contributed by atoms with Crippen molar-refractivity contribution in [3.8, 4) is 5.75 Å². The lowest BCUT2D eigenvalue weighted by molar-refractivity contribution is -0.126. The molecule has 0 unspecified atom stereocenters. The van der Waals surface area contributed by atoms with Gasteiger partial charge in [-0.15, -0.1) is 0 Å². The van der Waals surface area contributed by atoms with E-state index < -0.39 is 10.0 Å². The largest absolute Gasteiger partial charge is 0.494 e. The molecule has 180 valence electrons. The molecule has 0 bridgehead atoms. The number of piperidine rings is 1. The van der Waals surface area contributed by atoms with Gasteiger partial charge in [0, 0.05) is 19.6 Å². The third kappa shape index (κ3) is 7.86. The minimum atomic E-state index is -3.35. The maximum Gasteiger partial charge on any atom is 0.224 e. The molecule has 1 amide bonds. The molecule has 0 aromatic heterocycles. The number of carbonyl (C=O) groups is 1. The van der Waals surface area contributed by atoms with Crippen LogP contribution < -0.4 is 10.1 Å². The van der Waals surface area contributed by atoms with Crippen LogP contribution in [0.3, 0.4) is 0 Å². The molecule has 1 aliphatic heterocycles. The number of nitrogens with one attached hydrogen (secondary N) is 1. The lowest BCUT2D eigenvalue weighted by Gasteiger charge is -2.31. The maximum atomic E-state index is 12.8. The molecule has 33 heavy (non-hydrogen) atoms. The highest BCUT2D eigenvalue weighted by atomic mass is 32.2. The highest BCUT2D eigenvalue weighted by Crippen LogP contribution is 2.21. The van der Waals surface area contributed by atoms with Crippen LogP contribution in [0.4, 0.5) is 0 Å². The lowest BCUT2D eigenvalue weighted by Crippen LogP contribution is -2.46. The Labute approximate surface area is 198 Å². The summed E-state index contributed by atoms with van der Waals surface area (Å²) in [5.41, 5.74) is 2.28. The number of hydrogen-bond donors (Lipinski definition) is 1. The number of rotatable bonds is 12. The molecule has 1 N–H and O–H groups in total. The molecule has 1 saturated heterocycles. The zero-order chi connectivity index (χ0) is 23.5. The first-order valence-corrected chi connectivity index (χ1v) is 13.6. The fourth-order valence-corrected chi connectivity index (χ4v) is 5.86. The number of amides is 1. The van der Waals surface area contributed by atoms with Crippen molar-refractivity contribution in [3.05, 3.63) is 65.7 Å². The van der Waals surface area contributed by atoms with Crippen molar-refractivity contribution < 1.29 is 17.9 Å². The van der Waals surface area contributed by atoms with Crippen LogP contribution in [-0.2, 0) is 27.7 Å². The smallest absolute Gasteiger partial charge is 0.224 e. The van der Waals surface area contributed by atoms with E-state index in [2.05, 4.69) is 11.4 Å². The van der Waals surface area contributed by atoms with Gasteiger partial charge in [-0.05, 0) is 62.6 Å². The predicted molar refractivity (Wildman–Crippen MR) is 132 cm³/mol. The number of benzene rings is 2. The van der Waals surface area contributed by atoms with Crippen LogP contribution >= 0.6 is 0 Å². The van der Waals surface area contributed by atoms with Crippen LogP contribution in [0.25, 0.3) is 0 Å². The van der Waals surface area contributed by atoms with Gasteiger partial charge in [-0.2, -0.15) is 0 Å². The molecular formula is C26H36N2O4S. The van der Waals surface area contributed by atoms with Crippen LogP contribution in [0.1, 0.15) is 43.7 Å². The second kappa shape index (κ2) is 12.8. The molecule has 2 aromatic rings. The van der Waals surface area contributed by atoms with E-state index >= 15 is 0 Å². The fourth-order valence-electron chi connectivity index (χ4n) is 4.28. The normalized spacial score (nSPS) is 16.9. The summed E-state index contributed by atoms with van der Waals surface area (Å²) >= 11 is 0. The molecule has 7 heteroatoms. The average Bonchev–Trinajstić information content (AvgIpc) is 2.83. The highest BCUT2D eigenvalue weighted by Gasteiger charge is 2.31. The molecule has 0 saturated carbocycles. The van der Waals surface area contributed by atoms with Gasteiger partial charge in [0.1, 0.15) is 5.75 Å². The van der Waals surface area contributed by atoms with E-state index in [9.17, 15) is 13.2 Å². The van der Waals surface area contributed by atoms with Crippen molar-refractivity contribution in [1.82, 2.24) is 9.62 Å².